The highest BCUT2D eigenvalue weighted by Crippen LogP contribution is 2.30. The van der Waals surface area contributed by atoms with E-state index in [0.717, 1.165) is 18.5 Å². The summed E-state index contributed by atoms with van der Waals surface area (Å²) in [5.74, 6) is -1.02. The molecule has 1 aromatic rings. The van der Waals surface area contributed by atoms with Gasteiger partial charge in [-0.15, -0.1) is 0 Å². The highest BCUT2D eigenvalue weighted by molar-refractivity contribution is 9.10. The van der Waals surface area contributed by atoms with E-state index < -0.39 is 11.4 Å². The monoisotopic (exact) mass is 329 g/mol. The molecule has 1 aliphatic rings. The summed E-state index contributed by atoms with van der Waals surface area (Å²) in [6.45, 7) is 3.87. The van der Waals surface area contributed by atoms with Crippen molar-refractivity contribution in [1.29, 1.82) is 0 Å². The molecule has 1 unspecified atom stereocenters. The summed E-state index contributed by atoms with van der Waals surface area (Å²) in [5.41, 5.74) is 0.318. The number of halogens is 2. The standard InChI is InChI=1S/C14H17BrFNO2/c1-14(13(18)19)5-2-6-17(9-14)8-10-3-4-12(16)11(15)7-10/h3-4,7H,2,5-6,8-9H2,1H3,(H,18,19). The summed E-state index contributed by atoms with van der Waals surface area (Å²) in [7, 11) is 0. The SMILES string of the molecule is CC1(C(=O)O)CCCN(Cc2ccc(F)c(Br)c2)C1. The van der Waals surface area contributed by atoms with Crippen LogP contribution in [0.4, 0.5) is 4.39 Å². The second kappa shape index (κ2) is 5.59. The van der Waals surface area contributed by atoms with Crippen LogP contribution in [0.15, 0.2) is 22.7 Å². The van der Waals surface area contributed by atoms with Gasteiger partial charge in [0, 0.05) is 13.1 Å². The average molecular weight is 330 g/mol. The van der Waals surface area contributed by atoms with Crippen molar-refractivity contribution in [2.45, 2.75) is 26.3 Å². The molecular weight excluding hydrogens is 313 g/mol. The lowest BCUT2D eigenvalue weighted by molar-refractivity contribution is -0.151. The van der Waals surface area contributed by atoms with Crippen molar-refractivity contribution in [3.8, 4) is 0 Å². The van der Waals surface area contributed by atoms with Crippen LogP contribution in [0.25, 0.3) is 0 Å². The van der Waals surface area contributed by atoms with Crippen molar-refractivity contribution >= 4 is 21.9 Å². The third kappa shape index (κ3) is 3.34. The van der Waals surface area contributed by atoms with E-state index in [2.05, 4.69) is 20.8 Å². The zero-order valence-corrected chi connectivity index (χ0v) is 12.4. The van der Waals surface area contributed by atoms with Gasteiger partial charge in [0.1, 0.15) is 5.82 Å². The Kier molecular flexibility index (Phi) is 4.26. The minimum atomic E-state index is -0.738. The molecule has 1 N–H and O–H groups in total. The number of benzene rings is 1. The van der Waals surface area contributed by atoms with Crippen LogP contribution in [0.3, 0.4) is 0 Å². The highest BCUT2D eigenvalue weighted by atomic mass is 79.9. The van der Waals surface area contributed by atoms with E-state index in [1.807, 2.05) is 0 Å². The van der Waals surface area contributed by atoms with Crippen molar-refractivity contribution in [2.75, 3.05) is 13.1 Å². The minimum Gasteiger partial charge on any atom is -0.481 e. The maximum Gasteiger partial charge on any atom is 0.310 e. The molecule has 5 heteroatoms. The first kappa shape index (κ1) is 14.5. The topological polar surface area (TPSA) is 40.5 Å². The second-order valence-corrected chi connectivity index (χ2v) is 6.28. The van der Waals surface area contributed by atoms with E-state index in [1.54, 1.807) is 19.1 Å². The second-order valence-electron chi connectivity index (χ2n) is 5.43. The number of hydrogen-bond donors (Lipinski definition) is 1. The van der Waals surface area contributed by atoms with Gasteiger partial charge < -0.3 is 5.11 Å². The Hall–Kier alpha value is -0.940. The van der Waals surface area contributed by atoms with Crippen molar-refractivity contribution < 1.29 is 14.3 Å². The van der Waals surface area contributed by atoms with Gasteiger partial charge in [-0.25, -0.2) is 4.39 Å². The molecule has 0 spiro atoms. The van der Waals surface area contributed by atoms with Gasteiger partial charge >= 0.3 is 5.97 Å². The van der Waals surface area contributed by atoms with Gasteiger partial charge in [-0.3, -0.25) is 9.69 Å². The van der Waals surface area contributed by atoms with Crippen LogP contribution in [0.2, 0.25) is 0 Å². The summed E-state index contributed by atoms with van der Waals surface area (Å²) in [6, 6.07) is 4.93. The zero-order valence-electron chi connectivity index (χ0n) is 10.8. The van der Waals surface area contributed by atoms with Crippen LogP contribution in [0.5, 0.6) is 0 Å². The number of hydrogen-bond acceptors (Lipinski definition) is 2. The van der Waals surface area contributed by atoms with Crippen molar-refractivity contribution in [3.05, 3.63) is 34.1 Å². The zero-order chi connectivity index (χ0) is 14.0. The van der Waals surface area contributed by atoms with Crippen molar-refractivity contribution in [2.24, 2.45) is 5.41 Å². The Morgan fingerprint density at radius 3 is 2.95 bits per heavy atom. The predicted molar refractivity (Wildman–Crippen MR) is 74.4 cm³/mol. The largest absolute Gasteiger partial charge is 0.481 e. The molecule has 104 valence electrons. The van der Waals surface area contributed by atoms with E-state index >= 15 is 0 Å². The summed E-state index contributed by atoms with van der Waals surface area (Å²) >= 11 is 3.17. The molecule has 1 heterocycles. The van der Waals surface area contributed by atoms with E-state index in [0.29, 0.717) is 24.0 Å². The fourth-order valence-corrected chi connectivity index (χ4v) is 2.98. The van der Waals surface area contributed by atoms with Crippen LogP contribution in [-0.4, -0.2) is 29.1 Å². The Bertz CT molecular complexity index is 494. The van der Waals surface area contributed by atoms with Crippen LogP contribution >= 0.6 is 15.9 Å². The van der Waals surface area contributed by atoms with Gasteiger partial charge in [0.15, 0.2) is 0 Å². The van der Waals surface area contributed by atoms with E-state index in [9.17, 15) is 14.3 Å². The lowest BCUT2D eigenvalue weighted by Gasteiger charge is -2.37. The normalized spacial score (nSPS) is 24.4. The molecule has 0 bridgehead atoms. The van der Waals surface area contributed by atoms with Gasteiger partial charge in [0.25, 0.3) is 0 Å². The molecule has 0 aromatic heterocycles. The van der Waals surface area contributed by atoms with Crippen molar-refractivity contribution in [3.63, 3.8) is 0 Å². The number of carbonyl (C=O) groups is 1. The molecule has 1 atom stereocenters. The smallest absolute Gasteiger partial charge is 0.310 e. The molecule has 0 aliphatic carbocycles. The Morgan fingerprint density at radius 2 is 2.32 bits per heavy atom. The molecular formula is C14H17BrFNO2. The maximum absolute atomic E-state index is 13.2. The lowest BCUT2D eigenvalue weighted by atomic mass is 9.82. The van der Waals surface area contributed by atoms with E-state index in [-0.39, 0.29) is 5.82 Å². The van der Waals surface area contributed by atoms with Crippen molar-refractivity contribution in [1.82, 2.24) is 4.90 Å². The number of carboxylic acid groups (broad SMARTS) is 1. The fraction of sp³-hybridized carbons (Fsp3) is 0.500. The molecule has 1 aliphatic heterocycles. The Labute approximate surface area is 120 Å². The van der Waals surface area contributed by atoms with Gasteiger partial charge in [0.2, 0.25) is 0 Å². The summed E-state index contributed by atoms with van der Waals surface area (Å²) in [4.78, 5) is 13.4. The quantitative estimate of drug-likeness (QED) is 0.925. The number of likely N-dealkylation sites (tertiary alicyclic amines) is 1. The molecule has 1 fully saturated rings. The first-order valence-corrected chi connectivity index (χ1v) is 7.10. The summed E-state index contributed by atoms with van der Waals surface area (Å²) in [5, 5.41) is 9.28. The predicted octanol–water partition coefficient (Wildman–Crippen LogP) is 3.27. The van der Waals surface area contributed by atoms with Gasteiger partial charge in [-0.2, -0.15) is 0 Å². The van der Waals surface area contributed by atoms with Crippen LogP contribution in [-0.2, 0) is 11.3 Å². The first-order chi connectivity index (χ1) is 8.90. The molecule has 1 aromatic carbocycles. The molecule has 0 amide bonds. The average Bonchev–Trinajstić information content (AvgIpc) is 2.34. The number of nitrogens with zero attached hydrogens (tertiary/aromatic N) is 1. The summed E-state index contributed by atoms with van der Waals surface area (Å²) in [6.07, 6.45) is 1.59. The van der Waals surface area contributed by atoms with Crippen LogP contribution in [0, 0.1) is 11.2 Å². The number of piperidine rings is 1. The third-order valence-electron chi connectivity index (χ3n) is 3.68. The molecule has 3 nitrogen and oxygen atoms in total. The molecule has 0 saturated carbocycles. The molecule has 0 radical (unpaired) electrons. The Balaban J connectivity index is 2.06. The van der Waals surface area contributed by atoms with Gasteiger partial charge in [0.05, 0.1) is 9.89 Å². The lowest BCUT2D eigenvalue weighted by Crippen LogP contribution is -2.45. The van der Waals surface area contributed by atoms with Gasteiger partial charge in [-0.05, 0) is 59.9 Å². The Morgan fingerprint density at radius 1 is 1.58 bits per heavy atom. The van der Waals surface area contributed by atoms with Crippen LogP contribution < -0.4 is 0 Å². The molecule has 2 rings (SSSR count). The van der Waals surface area contributed by atoms with E-state index in [1.165, 1.54) is 6.07 Å². The van der Waals surface area contributed by atoms with E-state index in [4.69, 9.17) is 0 Å². The number of aliphatic carboxylic acids is 1. The molecule has 1 saturated heterocycles. The number of rotatable bonds is 3. The minimum absolute atomic E-state index is 0.280. The number of carboxylic acids is 1. The fourth-order valence-electron chi connectivity index (χ4n) is 2.55. The third-order valence-corrected chi connectivity index (χ3v) is 4.29. The summed E-state index contributed by atoms with van der Waals surface area (Å²) < 4.78 is 13.6. The maximum atomic E-state index is 13.2. The van der Waals surface area contributed by atoms with Crippen LogP contribution in [0.1, 0.15) is 25.3 Å². The molecule has 19 heavy (non-hydrogen) atoms. The van der Waals surface area contributed by atoms with Gasteiger partial charge in [-0.1, -0.05) is 6.07 Å². The first-order valence-electron chi connectivity index (χ1n) is 6.30. The highest BCUT2D eigenvalue weighted by Gasteiger charge is 2.37.